The summed E-state index contributed by atoms with van der Waals surface area (Å²) in [5.74, 6) is 0.830. The highest BCUT2D eigenvalue weighted by atomic mass is 19.4. The summed E-state index contributed by atoms with van der Waals surface area (Å²) in [6.07, 6.45) is 1.87. The van der Waals surface area contributed by atoms with Crippen LogP contribution in [0.25, 0.3) is 5.65 Å². The lowest BCUT2D eigenvalue weighted by molar-refractivity contribution is -0.141. The molecule has 0 saturated carbocycles. The number of nitrogens with zero attached hydrogens (tertiary/aromatic N) is 4. The molecule has 0 aliphatic carbocycles. The van der Waals surface area contributed by atoms with E-state index in [4.69, 9.17) is 0 Å². The van der Waals surface area contributed by atoms with Gasteiger partial charge in [0.05, 0.1) is 0 Å². The molecule has 0 saturated heterocycles. The maximum Gasteiger partial charge on any atom is 0.434 e. The predicted molar refractivity (Wildman–Crippen MR) is 85.9 cm³/mol. The normalized spacial score (nSPS) is 17.8. The molecule has 1 aliphatic rings. The Morgan fingerprint density at radius 3 is 3.00 bits per heavy atom. The minimum atomic E-state index is -4.37. The van der Waals surface area contributed by atoms with E-state index >= 15 is 0 Å². The van der Waals surface area contributed by atoms with Crippen molar-refractivity contribution >= 4 is 5.65 Å². The second-order valence-electron chi connectivity index (χ2n) is 6.40. The highest BCUT2D eigenvalue weighted by Crippen LogP contribution is 2.30. The lowest BCUT2D eigenvalue weighted by Crippen LogP contribution is -2.30. The van der Waals surface area contributed by atoms with Crippen molar-refractivity contribution in [2.24, 2.45) is 5.92 Å². The molecule has 0 spiro atoms. The maximum absolute atomic E-state index is 12.8. The number of halogens is 3. The van der Waals surface area contributed by atoms with Crippen molar-refractivity contribution in [2.75, 3.05) is 6.54 Å². The van der Waals surface area contributed by atoms with E-state index in [2.05, 4.69) is 15.3 Å². The molecule has 1 atom stereocenters. The molecule has 0 radical (unpaired) electrons. The summed E-state index contributed by atoms with van der Waals surface area (Å²) >= 11 is 0. The van der Waals surface area contributed by atoms with Gasteiger partial charge in [0.25, 0.3) is 0 Å². The average Bonchev–Trinajstić information content (AvgIpc) is 3.21. The minimum Gasteiger partial charge on any atom is -0.334 e. The lowest BCUT2D eigenvalue weighted by Gasteiger charge is -2.24. The Labute approximate surface area is 142 Å². The molecule has 0 bridgehead atoms. The van der Waals surface area contributed by atoms with Gasteiger partial charge >= 0.3 is 6.18 Å². The molecule has 4 heterocycles. The van der Waals surface area contributed by atoms with Crippen molar-refractivity contribution in [2.45, 2.75) is 32.1 Å². The third-order valence-corrected chi connectivity index (χ3v) is 4.63. The number of imidazole rings is 2. The van der Waals surface area contributed by atoms with Gasteiger partial charge < -0.3 is 14.3 Å². The Hall–Kier alpha value is -2.35. The molecule has 0 aromatic carbocycles. The Bertz CT molecular complexity index is 880. The van der Waals surface area contributed by atoms with Gasteiger partial charge in [0.1, 0.15) is 11.5 Å². The van der Waals surface area contributed by atoms with E-state index in [1.807, 2.05) is 28.8 Å². The van der Waals surface area contributed by atoms with Crippen LogP contribution in [0.5, 0.6) is 0 Å². The zero-order chi connectivity index (χ0) is 17.4. The molecular weight excluding hydrogens is 331 g/mol. The van der Waals surface area contributed by atoms with Crippen LogP contribution >= 0.6 is 0 Å². The monoisotopic (exact) mass is 349 g/mol. The molecule has 3 aromatic heterocycles. The van der Waals surface area contributed by atoms with Crippen LogP contribution in [0.15, 0.2) is 36.8 Å². The van der Waals surface area contributed by atoms with Gasteiger partial charge in [-0.2, -0.15) is 13.2 Å². The van der Waals surface area contributed by atoms with Gasteiger partial charge in [-0.3, -0.25) is 0 Å². The van der Waals surface area contributed by atoms with Crippen LogP contribution in [-0.2, 0) is 25.7 Å². The lowest BCUT2D eigenvalue weighted by atomic mass is 9.99. The molecule has 1 N–H and O–H groups in total. The Balaban J connectivity index is 1.37. The van der Waals surface area contributed by atoms with Crippen molar-refractivity contribution < 1.29 is 13.2 Å². The number of nitrogens with one attached hydrogen (secondary N) is 1. The predicted octanol–water partition coefficient (Wildman–Crippen LogP) is 2.90. The first kappa shape index (κ1) is 16.1. The fraction of sp³-hybridized carbons (Fsp3) is 0.412. The fourth-order valence-electron chi connectivity index (χ4n) is 3.37. The average molecular weight is 349 g/mol. The van der Waals surface area contributed by atoms with E-state index in [-0.39, 0.29) is 0 Å². The minimum absolute atomic E-state index is 0.296. The SMILES string of the molecule is FC(F)(F)c1cn2c(n1)CC[C@@H](CNCc1cccc3nccn13)C2. The van der Waals surface area contributed by atoms with Crippen LogP contribution in [0.3, 0.4) is 0 Å². The second-order valence-corrected chi connectivity index (χ2v) is 6.40. The van der Waals surface area contributed by atoms with Crippen molar-refractivity contribution in [3.63, 3.8) is 0 Å². The van der Waals surface area contributed by atoms with E-state index < -0.39 is 11.9 Å². The van der Waals surface area contributed by atoms with Crippen molar-refractivity contribution in [1.29, 1.82) is 0 Å². The number of alkyl halides is 3. The van der Waals surface area contributed by atoms with Crippen LogP contribution < -0.4 is 5.32 Å². The van der Waals surface area contributed by atoms with Gasteiger partial charge in [0.15, 0.2) is 5.69 Å². The Morgan fingerprint density at radius 2 is 2.16 bits per heavy atom. The van der Waals surface area contributed by atoms with Gasteiger partial charge in [-0.25, -0.2) is 9.97 Å². The molecule has 132 valence electrons. The van der Waals surface area contributed by atoms with E-state index in [9.17, 15) is 13.2 Å². The third-order valence-electron chi connectivity index (χ3n) is 4.63. The molecule has 8 heteroatoms. The van der Waals surface area contributed by atoms with Crippen molar-refractivity contribution in [3.8, 4) is 0 Å². The van der Waals surface area contributed by atoms with Gasteiger partial charge in [0, 0.05) is 50.3 Å². The summed E-state index contributed by atoms with van der Waals surface area (Å²) in [6, 6.07) is 5.95. The second kappa shape index (κ2) is 6.18. The smallest absolute Gasteiger partial charge is 0.334 e. The van der Waals surface area contributed by atoms with E-state index in [1.165, 1.54) is 0 Å². The summed E-state index contributed by atoms with van der Waals surface area (Å²) in [5.41, 5.74) is 1.22. The molecule has 1 aliphatic heterocycles. The quantitative estimate of drug-likeness (QED) is 0.788. The topological polar surface area (TPSA) is 47.2 Å². The number of hydrogen-bond acceptors (Lipinski definition) is 3. The first-order valence-corrected chi connectivity index (χ1v) is 8.25. The zero-order valence-corrected chi connectivity index (χ0v) is 13.5. The standard InChI is InChI=1S/C17H18F3N5/c18-17(19,20)14-11-24-10-12(4-5-16(24)23-14)8-21-9-13-2-1-3-15-22-6-7-25(13)15/h1-3,6-7,11-12,21H,4-5,8-10H2/t12-/m0/s1. The largest absolute Gasteiger partial charge is 0.434 e. The summed E-state index contributed by atoms with van der Waals surface area (Å²) < 4.78 is 42.0. The summed E-state index contributed by atoms with van der Waals surface area (Å²) in [5, 5.41) is 3.42. The summed E-state index contributed by atoms with van der Waals surface area (Å²) in [6.45, 7) is 2.01. The van der Waals surface area contributed by atoms with Crippen LogP contribution in [0.1, 0.15) is 23.6 Å². The third kappa shape index (κ3) is 3.26. The molecular formula is C17H18F3N5. The number of aromatic nitrogens is 4. The first-order valence-electron chi connectivity index (χ1n) is 8.25. The zero-order valence-electron chi connectivity index (χ0n) is 13.5. The molecule has 4 rings (SSSR count). The number of fused-ring (bicyclic) bond motifs is 2. The Kier molecular flexibility index (Phi) is 3.99. The van der Waals surface area contributed by atoms with E-state index in [1.54, 1.807) is 10.8 Å². The first-order chi connectivity index (χ1) is 12.0. The molecule has 0 amide bonds. The summed E-state index contributed by atoms with van der Waals surface area (Å²) in [4.78, 5) is 7.98. The highest BCUT2D eigenvalue weighted by molar-refractivity contribution is 5.39. The fourth-order valence-corrected chi connectivity index (χ4v) is 3.37. The van der Waals surface area contributed by atoms with Crippen molar-refractivity contribution in [1.82, 2.24) is 24.3 Å². The molecule has 5 nitrogen and oxygen atoms in total. The molecule has 3 aromatic rings. The van der Waals surface area contributed by atoms with Gasteiger partial charge in [-0.1, -0.05) is 6.07 Å². The van der Waals surface area contributed by atoms with Crippen LogP contribution in [0, 0.1) is 5.92 Å². The van der Waals surface area contributed by atoms with Crippen LogP contribution in [-0.4, -0.2) is 25.5 Å². The van der Waals surface area contributed by atoms with Gasteiger partial charge in [-0.05, 0) is 24.5 Å². The highest BCUT2D eigenvalue weighted by Gasteiger charge is 2.35. The van der Waals surface area contributed by atoms with Crippen LogP contribution in [0.2, 0.25) is 0 Å². The summed E-state index contributed by atoms with van der Waals surface area (Å²) in [7, 11) is 0. The number of pyridine rings is 1. The molecule has 25 heavy (non-hydrogen) atoms. The van der Waals surface area contributed by atoms with E-state index in [0.29, 0.717) is 31.3 Å². The number of rotatable bonds is 4. The van der Waals surface area contributed by atoms with E-state index in [0.717, 1.165) is 30.5 Å². The van der Waals surface area contributed by atoms with Gasteiger partial charge in [-0.15, -0.1) is 0 Å². The molecule has 0 unspecified atom stereocenters. The molecule has 0 fully saturated rings. The number of aryl methyl sites for hydroxylation is 1. The Morgan fingerprint density at radius 1 is 1.28 bits per heavy atom. The van der Waals surface area contributed by atoms with Gasteiger partial charge in [0.2, 0.25) is 0 Å². The number of hydrogen-bond donors (Lipinski definition) is 1. The van der Waals surface area contributed by atoms with Crippen molar-refractivity contribution in [3.05, 3.63) is 54.0 Å². The van der Waals surface area contributed by atoms with Crippen LogP contribution in [0.4, 0.5) is 13.2 Å². The maximum atomic E-state index is 12.8.